The van der Waals surface area contributed by atoms with Crippen molar-refractivity contribution in [3.05, 3.63) is 63.0 Å². The zero-order valence-electron chi connectivity index (χ0n) is 13.9. The summed E-state index contributed by atoms with van der Waals surface area (Å²) >= 11 is 3.37. The van der Waals surface area contributed by atoms with Gasteiger partial charge in [-0.25, -0.2) is 4.79 Å². The number of hydrogen-bond acceptors (Lipinski definition) is 3. The van der Waals surface area contributed by atoms with Gasteiger partial charge in [-0.1, -0.05) is 28.1 Å². The molecule has 1 atom stereocenters. The van der Waals surface area contributed by atoms with Gasteiger partial charge in [0.25, 0.3) is 0 Å². The second-order valence-corrected chi connectivity index (χ2v) is 6.81. The van der Waals surface area contributed by atoms with Crippen LogP contribution in [0.3, 0.4) is 0 Å². The van der Waals surface area contributed by atoms with Crippen molar-refractivity contribution in [3.8, 4) is 0 Å². The summed E-state index contributed by atoms with van der Waals surface area (Å²) in [6.07, 6.45) is 0.0862. The number of imidazole rings is 1. The molecule has 26 heavy (non-hydrogen) atoms. The van der Waals surface area contributed by atoms with E-state index in [0.717, 1.165) is 10.0 Å². The van der Waals surface area contributed by atoms with E-state index in [0.29, 0.717) is 16.7 Å². The molecule has 0 aliphatic carbocycles. The highest BCUT2D eigenvalue weighted by Gasteiger charge is 2.17. The number of amides is 2. The Labute approximate surface area is 157 Å². The number of fused-ring (bicyclic) bond motifs is 1. The van der Waals surface area contributed by atoms with E-state index < -0.39 is 6.04 Å². The van der Waals surface area contributed by atoms with Crippen molar-refractivity contribution < 1.29 is 9.59 Å². The molecule has 2 aromatic carbocycles. The van der Waals surface area contributed by atoms with E-state index in [1.54, 1.807) is 18.2 Å². The first-order chi connectivity index (χ1) is 12.4. The Morgan fingerprint density at radius 1 is 1.08 bits per heavy atom. The van der Waals surface area contributed by atoms with Crippen LogP contribution in [0.4, 0.5) is 5.69 Å². The van der Waals surface area contributed by atoms with Gasteiger partial charge in [0, 0.05) is 17.1 Å². The fraction of sp³-hybridized carbons (Fsp3) is 0.167. The molecule has 0 saturated heterocycles. The maximum atomic E-state index is 12.4. The van der Waals surface area contributed by atoms with E-state index in [9.17, 15) is 14.4 Å². The van der Waals surface area contributed by atoms with Gasteiger partial charge in [0.15, 0.2) is 0 Å². The molecule has 1 heterocycles. The molecule has 134 valence electrons. The molecule has 0 aliphatic rings. The standard InChI is InChI=1S/C18H17BrN4O3/c1-10(24)20-15(11-2-4-12(19)5-3-11)9-17(25)21-13-6-7-14-16(8-13)23-18(26)22-14/h2-8,15H,9H2,1H3,(H,20,24)(H,21,25)(H2,22,23,26). The topological polar surface area (TPSA) is 107 Å². The van der Waals surface area contributed by atoms with Crippen molar-refractivity contribution in [1.29, 1.82) is 0 Å². The molecule has 0 saturated carbocycles. The molecule has 0 spiro atoms. The Kier molecular flexibility index (Phi) is 5.22. The average molecular weight is 417 g/mol. The molecule has 0 radical (unpaired) electrons. The number of aromatic nitrogens is 2. The highest BCUT2D eigenvalue weighted by Crippen LogP contribution is 2.21. The lowest BCUT2D eigenvalue weighted by atomic mass is 10.0. The molecule has 3 rings (SSSR count). The van der Waals surface area contributed by atoms with Gasteiger partial charge in [-0.05, 0) is 35.9 Å². The monoisotopic (exact) mass is 416 g/mol. The van der Waals surface area contributed by atoms with Gasteiger partial charge in [-0.2, -0.15) is 0 Å². The summed E-state index contributed by atoms with van der Waals surface area (Å²) in [5.74, 6) is -0.457. The second kappa shape index (κ2) is 7.57. The molecule has 0 fully saturated rings. The van der Waals surface area contributed by atoms with Gasteiger partial charge in [-0.3, -0.25) is 9.59 Å². The maximum Gasteiger partial charge on any atom is 0.323 e. The van der Waals surface area contributed by atoms with Crippen LogP contribution in [0.2, 0.25) is 0 Å². The summed E-state index contributed by atoms with van der Waals surface area (Å²) in [7, 11) is 0. The van der Waals surface area contributed by atoms with E-state index in [-0.39, 0.29) is 23.9 Å². The maximum absolute atomic E-state index is 12.4. The van der Waals surface area contributed by atoms with Gasteiger partial charge in [0.05, 0.1) is 23.5 Å². The number of rotatable bonds is 5. The molecule has 2 amide bonds. The number of H-pyrrole nitrogens is 2. The van der Waals surface area contributed by atoms with Gasteiger partial charge >= 0.3 is 5.69 Å². The van der Waals surface area contributed by atoms with E-state index in [4.69, 9.17) is 0 Å². The smallest absolute Gasteiger partial charge is 0.323 e. The molecular formula is C18H17BrN4O3. The minimum Gasteiger partial charge on any atom is -0.349 e. The predicted octanol–water partition coefficient (Wildman–Crippen LogP) is 2.82. The van der Waals surface area contributed by atoms with Crippen LogP contribution in [0.25, 0.3) is 11.0 Å². The highest BCUT2D eigenvalue weighted by atomic mass is 79.9. The number of carbonyl (C=O) groups is 2. The van der Waals surface area contributed by atoms with Crippen LogP contribution >= 0.6 is 15.9 Å². The normalized spacial score (nSPS) is 11.9. The van der Waals surface area contributed by atoms with E-state index in [1.807, 2.05) is 24.3 Å². The Balaban J connectivity index is 1.74. The zero-order chi connectivity index (χ0) is 18.7. The van der Waals surface area contributed by atoms with Crippen molar-refractivity contribution >= 4 is 44.5 Å². The third-order valence-electron chi connectivity index (χ3n) is 3.84. The predicted molar refractivity (Wildman–Crippen MR) is 103 cm³/mol. The number of halogens is 1. The SMILES string of the molecule is CC(=O)NC(CC(=O)Nc1ccc2[nH]c(=O)[nH]c2c1)c1ccc(Br)cc1. The minimum absolute atomic E-state index is 0.0862. The Bertz CT molecular complexity index is 1010. The molecular weight excluding hydrogens is 400 g/mol. The molecule has 4 N–H and O–H groups in total. The fourth-order valence-corrected chi connectivity index (χ4v) is 2.96. The molecule has 0 aliphatic heterocycles. The summed E-state index contributed by atoms with van der Waals surface area (Å²) in [5.41, 5.74) is 2.38. The quantitative estimate of drug-likeness (QED) is 0.513. The summed E-state index contributed by atoms with van der Waals surface area (Å²) in [6, 6.07) is 12.1. The number of nitrogens with one attached hydrogen (secondary N) is 4. The van der Waals surface area contributed by atoms with Crippen LogP contribution < -0.4 is 16.3 Å². The first-order valence-electron chi connectivity index (χ1n) is 7.95. The molecule has 1 aromatic heterocycles. The number of carbonyl (C=O) groups excluding carboxylic acids is 2. The molecule has 8 heteroatoms. The van der Waals surface area contributed by atoms with Crippen molar-refractivity contribution in [1.82, 2.24) is 15.3 Å². The molecule has 0 bridgehead atoms. The minimum atomic E-state index is -0.434. The van der Waals surface area contributed by atoms with Gasteiger partial charge in [0.1, 0.15) is 0 Å². The lowest BCUT2D eigenvalue weighted by Crippen LogP contribution is -2.29. The highest BCUT2D eigenvalue weighted by molar-refractivity contribution is 9.10. The molecule has 3 aromatic rings. The van der Waals surface area contributed by atoms with Crippen LogP contribution in [0, 0.1) is 0 Å². The molecule has 7 nitrogen and oxygen atoms in total. The molecule has 1 unspecified atom stereocenters. The van der Waals surface area contributed by atoms with Crippen molar-refractivity contribution in [2.24, 2.45) is 0 Å². The number of anilines is 1. The van der Waals surface area contributed by atoms with Crippen LogP contribution in [0.5, 0.6) is 0 Å². The average Bonchev–Trinajstić information content (AvgIpc) is 2.93. The lowest BCUT2D eigenvalue weighted by Gasteiger charge is -2.18. The van der Waals surface area contributed by atoms with Crippen molar-refractivity contribution in [2.45, 2.75) is 19.4 Å². The lowest BCUT2D eigenvalue weighted by molar-refractivity contribution is -0.120. The number of benzene rings is 2. The van der Waals surface area contributed by atoms with Crippen LogP contribution in [-0.2, 0) is 9.59 Å². The van der Waals surface area contributed by atoms with Crippen LogP contribution in [0.1, 0.15) is 24.9 Å². The number of aromatic amines is 2. The van der Waals surface area contributed by atoms with E-state index in [1.165, 1.54) is 6.92 Å². The first-order valence-corrected chi connectivity index (χ1v) is 8.74. The summed E-state index contributed by atoms with van der Waals surface area (Å²) < 4.78 is 0.918. The van der Waals surface area contributed by atoms with Gasteiger partial charge in [0.2, 0.25) is 11.8 Å². The summed E-state index contributed by atoms with van der Waals surface area (Å²) in [6.45, 7) is 1.42. The largest absolute Gasteiger partial charge is 0.349 e. The Morgan fingerprint density at radius 2 is 1.77 bits per heavy atom. The van der Waals surface area contributed by atoms with Crippen molar-refractivity contribution in [3.63, 3.8) is 0 Å². The third-order valence-corrected chi connectivity index (χ3v) is 4.37. The first kappa shape index (κ1) is 17.9. The van der Waals surface area contributed by atoms with Crippen LogP contribution in [-0.4, -0.2) is 21.8 Å². The summed E-state index contributed by atoms with van der Waals surface area (Å²) in [5, 5.41) is 5.59. The van der Waals surface area contributed by atoms with E-state index >= 15 is 0 Å². The van der Waals surface area contributed by atoms with Gasteiger partial charge < -0.3 is 20.6 Å². The Hall–Kier alpha value is -2.87. The second-order valence-electron chi connectivity index (χ2n) is 5.90. The van der Waals surface area contributed by atoms with Gasteiger partial charge in [-0.15, -0.1) is 0 Å². The Morgan fingerprint density at radius 3 is 2.46 bits per heavy atom. The number of hydrogen-bond donors (Lipinski definition) is 4. The van der Waals surface area contributed by atoms with E-state index in [2.05, 4.69) is 36.5 Å². The fourth-order valence-electron chi connectivity index (χ4n) is 2.70. The van der Waals surface area contributed by atoms with Crippen LogP contribution in [0.15, 0.2) is 51.7 Å². The van der Waals surface area contributed by atoms with Crippen molar-refractivity contribution in [2.75, 3.05) is 5.32 Å². The zero-order valence-corrected chi connectivity index (χ0v) is 15.5. The summed E-state index contributed by atoms with van der Waals surface area (Å²) in [4.78, 5) is 40.5. The third kappa shape index (κ3) is 4.40.